The van der Waals surface area contributed by atoms with Gasteiger partial charge < -0.3 is 9.84 Å². The van der Waals surface area contributed by atoms with Gasteiger partial charge in [-0.1, -0.05) is 19.3 Å². The van der Waals surface area contributed by atoms with Gasteiger partial charge in [-0.05, 0) is 32.2 Å². The van der Waals surface area contributed by atoms with Crippen LogP contribution in [-0.4, -0.2) is 48.3 Å². The maximum atomic E-state index is 11.6. The number of nitrogens with zero attached hydrogens (tertiary/aromatic N) is 1. The van der Waals surface area contributed by atoms with Gasteiger partial charge in [0.2, 0.25) is 0 Å². The van der Waals surface area contributed by atoms with E-state index in [1.54, 1.807) is 0 Å². The Hall–Kier alpha value is -0.610. The Kier molecular flexibility index (Phi) is 4.62. The minimum atomic E-state index is -0.518. The molecular formula is C14H25NO3. The monoisotopic (exact) mass is 255 g/mol. The molecule has 1 atom stereocenters. The SMILES string of the molecule is COC(=O)C1CCCN(CC2(O)CCCCC2)C1. The number of hydrogen-bond acceptors (Lipinski definition) is 4. The second kappa shape index (κ2) is 6.02. The third kappa shape index (κ3) is 3.45. The Labute approximate surface area is 109 Å². The molecule has 1 saturated carbocycles. The molecule has 0 radical (unpaired) electrons. The summed E-state index contributed by atoms with van der Waals surface area (Å²) in [6.07, 6.45) is 7.26. The lowest BCUT2D eigenvalue weighted by Gasteiger charge is -2.39. The second-order valence-corrected chi connectivity index (χ2v) is 5.88. The Morgan fingerprint density at radius 3 is 2.72 bits per heavy atom. The Morgan fingerprint density at radius 1 is 1.33 bits per heavy atom. The highest BCUT2D eigenvalue weighted by Gasteiger charge is 2.34. The van der Waals surface area contributed by atoms with Gasteiger partial charge in [0.05, 0.1) is 18.6 Å². The van der Waals surface area contributed by atoms with Gasteiger partial charge in [-0.25, -0.2) is 0 Å². The highest BCUT2D eigenvalue weighted by Crippen LogP contribution is 2.30. The summed E-state index contributed by atoms with van der Waals surface area (Å²) >= 11 is 0. The van der Waals surface area contributed by atoms with Crippen molar-refractivity contribution in [3.63, 3.8) is 0 Å². The minimum Gasteiger partial charge on any atom is -0.469 e. The van der Waals surface area contributed by atoms with Crippen LogP contribution >= 0.6 is 0 Å². The minimum absolute atomic E-state index is 0.00376. The first-order valence-electron chi connectivity index (χ1n) is 7.15. The average Bonchev–Trinajstić information content (AvgIpc) is 2.38. The number of aliphatic hydroxyl groups is 1. The molecule has 1 N–H and O–H groups in total. The van der Waals surface area contributed by atoms with Crippen LogP contribution in [0.4, 0.5) is 0 Å². The zero-order chi connectivity index (χ0) is 13.0. The van der Waals surface area contributed by atoms with E-state index >= 15 is 0 Å². The number of carbonyl (C=O) groups excluding carboxylic acids is 1. The summed E-state index contributed by atoms with van der Waals surface area (Å²) < 4.78 is 4.83. The quantitative estimate of drug-likeness (QED) is 0.778. The highest BCUT2D eigenvalue weighted by molar-refractivity contribution is 5.72. The Bertz CT molecular complexity index is 287. The fourth-order valence-electron chi connectivity index (χ4n) is 3.34. The number of piperidine rings is 1. The molecule has 4 nitrogen and oxygen atoms in total. The van der Waals surface area contributed by atoms with E-state index in [4.69, 9.17) is 4.74 Å². The highest BCUT2D eigenvalue weighted by atomic mass is 16.5. The van der Waals surface area contributed by atoms with Gasteiger partial charge in [0.25, 0.3) is 0 Å². The summed E-state index contributed by atoms with van der Waals surface area (Å²) in [5, 5.41) is 10.5. The van der Waals surface area contributed by atoms with Crippen molar-refractivity contribution >= 4 is 5.97 Å². The van der Waals surface area contributed by atoms with Crippen molar-refractivity contribution in [3.8, 4) is 0 Å². The average molecular weight is 255 g/mol. The molecule has 0 aromatic rings. The molecule has 0 amide bonds. The number of rotatable bonds is 3. The van der Waals surface area contributed by atoms with Gasteiger partial charge in [0.1, 0.15) is 0 Å². The van der Waals surface area contributed by atoms with Crippen LogP contribution in [0, 0.1) is 5.92 Å². The molecule has 0 aromatic heterocycles. The van der Waals surface area contributed by atoms with Crippen LogP contribution < -0.4 is 0 Å². The van der Waals surface area contributed by atoms with Crippen molar-refractivity contribution in [1.29, 1.82) is 0 Å². The van der Waals surface area contributed by atoms with Gasteiger partial charge in [-0.15, -0.1) is 0 Å². The van der Waals surface area contributed by atoms with Gasteiger partial charge in [0.15, 0.2) is 0 Å². The zero-order valence-electron chi connectivity index (χ0n) is 11.4. The first-order chi connectivity index (χ1) is 8.63. The summed E-state index contributed by atoms with van der Waals surface area (Å²) in [6, 6.07) is 0. The number of carbonyl (C=O) groups is 1. The molecular weight excluding hydrogens is 230 g/mol. The van der Waals surface area contributed by atoms with Gasteiger partial charge in [0, 0.05) is 13.1 Å². The fourth-order valence-corrected chi connectivity index (χ4v) is 3.34. The molecule has 0 bridgehead atoms. The van der Waals surface area contributed by atoms with E-state index in [0.717, 1.165) is 58.2 Å². The summed E-state index contributed by atoms with van der Waals surface area (Å²) in [4.78, 5) is 13.8. The number of β-amino-alcohol motifs (C(OH)–C–C–N with tert-alkyl or cyclic N) is 1. The number of likely N-dealkylation sites (tertiary alicyclic amines) is 1. The lowest BCUT2D eigenvalue weighted by Crippen LogP contribution is -2.49. The molecule has 104 valence electrons. The largest absolute Gasteiger partial charge is 0.469 e. The Morgan fingerprint density at radius 2 is 2.06 bits per heavy atom. The van der Waals surface area contributed by atoms with E-state index < -0.39 is 5.60 Å². The van der Waals surface area contributed by atoms with Crippen LogP contribution in [0.3, 0.4) is 0 Å². The molecule has 1 unspecified atom stereocenters. The van der Waals surface area contributed by atoms with E-state index in [1.807, 2.05) is 0 Å². The fraction of sp³-hybridized carbons (Fsp3) is 0.929. The van der Waals surface area contributed by atoms with E-state index in [-0.39, 0.29) is 11.9 Å². The number of ether oxygens (including phenoxy) is 1. The number of hydrogen-bond donors (Lipinski definition) is 1. The smallest absolute Gasteiger partial charge is 0.309 e. The van der Waals surface area contributed by atoms with Crippen LogP contribution in [0.1, 0.15) is 44.9 Å². The molecule has 18 heavy (non-hydrogen) atoms. The van der Waals surface area contributed by atoms with E-state index in [9.17, 15) is 9.90 Å². The van der Waals surface area contributed by atoms with Crippen LogP contribution in [0.5, 0.6) is 0 Å². The van der Waals surface area contributed by atoms with Crippen molar-refractivity contribution in [2.45, 2.75) is 50.5 Å². The topological polar surface area (TPSA) is 49.8 Å². The molecule has 1 aliphatic heterocycles. The Balaban J connectivity index is 1.87. The first-order valence-corrected chi connectivity index (χ1v) is 7.15. The normalized spacial score (nSPS) is 28.9. The van der Waals surface area contributed by atoms with E-state index in [0.29, 0.717) is 0 Å². The van der Waals surface area contributed by atoms with Crippen molar-refractivity contribution in [2.75, 3.05) is 26.7 Å². The molecule has 0 spiro atoms. The van der Waals surface area contributed by atoms with Crippen LogP contribution in [0.15, 0.2) is 0 Å². The number of methoxy groups -OCH3 is 1. The molecule has 4 heteroatoms. The molecule has 1 aliphatic carbocycles. The molecule has 2 rings (SSSR count). The predicted molar refractivity (Wildman–Crippen MR) is 69.2 cm³/mol. The van der Waals surface area contributed by atoms with Crippen molar-refractivity contribution in [3.05, 3.63) is 0 Å². The first kappa shape index (κ1) is 13.8. The van der Waals surface area contributed by atoms with Crippen LogP contribution in [0.25, 0.3) is 0 Å². The third-order valence-corrected chi connectivity index (χ3v) is 4.34. The maximum Gasteiger partial charge on any atom is 0.309 e. The van der Waals surface area contributed by atoms with E-state index in [2.05, 4.69) is 4.90 Å². The van der Waals surface area contributed by atoms with Crippen molar-refractivity contribution < 1.29 is 14.6 Å². The third-order valence-electron chi connectivity index (χ3n) is 4.34. The summed E-state index contributed by atoms with van der Waals surface area (Å²) in [6.45, 7) is 2.46. The zero-order valence-corrected chi connectivity index (χ0v) is 11.4. The molecule has 1 saturated heterocycles. The van der Waals surface area contributed by atoms with Crippen LogP contribution in [-0.2, 0) is 9.53 Å². The molecule has 2 fully saturated rings. The number of esters is 1. The summed E-state index contributed by atoms with van der Waals surface area (Å²) in [5.41, 5.74) is -0.518. The van der Waals surface area contributed by atoms with Crippen LogP contribution in [0.2, 0.25) is 0 Å². The lowest BCUT2D eigenvalue weighted by molar-refractivity contribution is -0.148. The summed E-state index contributed by atoms with van der Waals surface area (Å²) in [7, 11) is 1.45. The predicted octanol–water partition coefficient (Wildman–Crippen LogP) is 1.57. The molecule has 2 aliphatic rings. The van der Waals surface area contributed by atoms with Crippen molar-refractivity contribution in [2.24, 2.45) is 5.92 Å². The van der Waals surface area contributed by atoms with Gasteiger partial charge in [-0.2, -0.15) is 0 Å². The van der Waals surface area contributed by atoms with Gasteiger partial charge in [-0.3, -0.25) is 9.69 Å². The lowest BCUT2D eigenvalue weighted by atomic mass is 9.84. The van der Waals surface area contributed by atoms with E-state index in [1.165, 1.54) is 13.5 Å². The molecule has 0 aromatic carbocycles. The maximum absolute atomic E-state index is 11.6. The van der Waals surface area contributed by atoms with Crippen molar-refractivity contribution in [1.82, 2.24) is 4.90 Å². The standard InChI is InChI=1S/C14H25NO3/c1-18-13(16)12-6-5-9-15(10-12)11-14(17)7-3-2-4-8-14/h12,17H,2-11H2,1H3. The molecule has 1 heterocycles. The second-order valence-electron chi connectivity index (χ2n) is 5.88. The van der Waals surface area contributed by atoms with Gasteiger partial charge >= 0.3 is 5.97 Å². The summed E-state index contributed by atoms with van der Waals surface area (Å²) in [5.74, 6) is -0.105.